The van der Waals surface area contributed by atoms with Gasteiger partial charge in [0.15, 0.2) is 0 Å². The van der Waals surface area contributed by atoms with Gasteiger partial charge in [0.25, 0.3) is 0 Å². The molecule has 3 rings (SSSR count). The largest absolute Gasteiger partial charge is 0.357 e. The maximum atomic E-state index is 12.4. The number of allylic oxidation sites excluding steroid dienone is 1. The number of halogens is 1. The van der Waals surface area contributed by atoms with Gasteiger partial charge in [-0.1, -0.05) is 19.1 Å². The molecule has 25 heavy (non-hydrogen) atoms. The molecule has 1 fully saturated rings. The Balaban J connectivity index is 1.61. The third kappa shape index (κ3) is 4.02. The molecule has 2 aromatic heterocycles. The fourth-order valence-corrected chi connectivity index (χ4v) is 2.94. The van der Waals surface area contributed by atoms with E-state index < -0.39 is 11.8 Å². The summed E-state index contributed by atoms with van der Waals surface area (Å²) < 4.78 is 0. The smallest absolute Gasteiger partial charge is 0.312 e. The van der Waals surface area contributed by atoms with E-state index in [0.717, 1.165) is 23.0 Å². The summed E-state index contributed by atoms with van der Waals surface area (Å²) in [4.78, 5) is 35.1. The van der Waals surface area contributed by atoms with Crippen molar-refractivity contribution in [1.82, 2.24) is 19.8 Å². The Bertz CT molecular complexity index is 768. The van der Waals surface area contributed by atoms with Crippen LogP contribution in [0.2, 0.25) is 0 Å². The van der Waals surface area contributed by atoms with Gasteiger partial charge in [-0.05, 0) is 18.6 Å². The molecular weight excluding hydrogens is 340 g/mol. The van der Waals surface area contributed by atoms with E-state index in [0.29, 0.717) is 26.2 Å². The van der Waals surface area contributed by atoms with Crippen molar-refractivity contribution in [3.8, 4) is 0 Å². The number of amides is 2. The summed E-state index contributed by atoms with van der Waals surface area (Å²) in [6.07, 6.45) is 8.04. The Morgan fingerprint density at radius 2 is 2.08 bits per heavy atom. The second kappa shape index (κ2) is 7.70. The van der Waals surface area contributed by atoms with Crippen LogP contribution >= 0.6 is 11.6 Å². The summed E-state index contributed by atoms with van der Waals surface area (Å²) in [7, 11) is 0. The summed E-state index contributed by atoms with van der Waals surface area (Å²) in [5, 5.41) is 0.954. The third-order valence-corrected chi connectivity index (χ3v) is 4.75. The number of aromatic nitrogens is 2. The zero-order valence-electron chi connectivity index (χ0n) is 14.1. The van der Waals surface area contributed by atoms with Crippen molar-refractivity contribution in [3.63, 3.8) is 0 Å². The number of hydrogen-bond donors (Lipinski definition) is 1. The SMILES string of the molecule is CCC(Cl)/C=C/CN1CCN(Cc2cc3cnccc3[nH]2)C(=O)C1=O. The van der Waals surface area contributed by atoms with Gasteiger partial charge in [-0.15, -0.1) is 11.6 Å². The number of carbonyl (C=O) groups is 2. The van der Waals surface area contributed by atoms with Crippen LogP contribution in [0.4, 0.5) is 0 Å². The first kappa shape index (κ1) is 17.5. The Labute approximate surface area is 151 Å². The number of nitrogens with one attached hydrogen (secondary N) is 1. The fraction of sp³-hybridized carbons (Fsp3) is 0.389. The lowest BCUT2D eigenvalue weighted by atomic mass is 10.2. The molecule has 0 radical (unpaired) electrons. The van der Waals surface area contributed by atoms with Crippen molar-refractivity contribution < 1.29 is 9.59 Å². The maximum absolute atomic E-state index is 12.4. The molecule has 1 aliphatic rings. The Morgan fingerprint density at radius 3 is 2.84 bits per heavy atom. The lowest BCUT2D eigenvalue weighted by molar-refractivity contribution is -0.156. The van der Waals surface area contributed by atoms with Crippen LogP contribution < -0.4 is 0 Å². The van der Waals surface area contributed by atoms with Gasteiger partial charge in [0.1, 0.15) is 0 Å². The van der Waals surface area contributed by atoms with Gasteiger partial charge in [-0.3, -0.25) is 14.6 Å². The molecule has 0 spiro atoms. The van der Waals surface area contributed by atoms with Crippen molar-refractivity contribution >= 4 is 34.3 Å². The number of pyridine rings is 1. The van der Waals surface area contributed by atoms with Gasteiger partial charge < -0.3 is 14.8 Å². The van der Waals surface area contributed by atoms with Crippen LogP contribution in [0.1, 0.15) is 19.0 Å². The molecule has 0 aromatic carbocycles. The zero-order chi connectivity index (χ0) is 17.8. The van der Waals surface area contributed by atoms with Crippen LogP contribution in [-0.2, 0) is 16.1 Å². The van der Waals surface area contributed by atoms with Crippen LogP contribution in [-0.4, -0.2) is 56.6 Å². The summed E-state index contributed by atoms with van der Waals surface area (Å²) in [5.74, 6) is -0.925. The number of hydrogen-bond acceptors (Lipinski definition) is 3. The lowest BCUT2D eigenvalue weighted by Gasteiger charge is -2.33. The van der Waals surface area contributed by atoms with E-state index in [-0.39, 0.29) is 5.38 Å². The molecule has 132 valence electrons. The van der Waals surface area contributed by atoms with E-state index in [4.69, 9.17) is 11.6 Å². The van der Waals surface area contributed by atoms with Gasteiger partial charge in [0.2, 0.25) is 0 Å². The molecule has 7 heteroatoms. The highest BCUT2D eigenvalue weighted by molar-refractivity contribution is 6.35. The van der Waals surface area contributed by atoms with Gasteiger partial charge in [-0.25, -0.2) is 0 Å². The molecule has 1 aliphatic heterocycles. The third-order valence-electron chi connectivity index (χ3n) is 4.30. The first-order chi connectivity index (χ1) is 12.1. The average Bonchev–Trinajstić information content (AvgIpc) is 3.03. The average molecular weight is 361 g/mol. The fourth-order valence-electron chi connectivity index (χ4n) is 2.84. The number of alkyl halides is 1. The maximum Gasteiger partial charge on any atom is 0.312 e. The van der Waals surface area contributed by atoms with Crippen molar-refractivity contribution in [2.45, 2.75) is 25.3 Å². The molecule has 1 saturated heterocycles. The van der Waals surface area contributed by atoms with Crippen LogP contribution in [0, 0.1) is 0 Å². The highest BCUT2D eigenvalue weighted by Crippen LogP contribution is 2.16. The molecule has 2 aromatic rings. The predicted molar refractivity (Wildman–Crippen MR) is 97.2 cm³/mol. The number of nitrogens with zero attached hydrogens (tertiary/aromatic N) is 3. The molecule has 1 atom stereocenters. The highest BCUT2D eigenvalue weighted by Gasteiger charge is 2.32. The van der Waals surface area contributed by atoms with Crippen LogP contribution in [0.25, 0.3) is 10.9 Å². The topological polar surface area (TPSA) is 69.3 Å². The predicted octanol–water partition coefficient (Wildman–Crippen LogP) is 2.31. The van der Waals surface area contributed by atoms with Gasteiger partial charge in [0, 0.05) is 48.6 Å². The summed E-state index contributed by atoms with van der Waals surface area (Å²) >= 11 is 6.02. The van der Waals surface area contributed by atoms with Crippen molar-refractivity contribution in [2.75, 3.05) is 19.6 Å². The van der Waals surface area contributed by atoms with E-state index in [2.05, 4.69) is 9.97 Å². The van der Waals surface area contributed by atoms with Gasteiger partial charge in [-0.2, -0.15) is 0 Å². The first-order valence-electron chi connectivity index (χ1n) is 8.39. The number of H-pyrrole nitrogens is 1. The first-order valence-corrected chi connectivity index (χ1v) is 8.82. The molecular formula is C18H21ClN4O2. The Kier molecular flexibility index (Phi) is 5.38. The van der Waals surface area contributed by atoms with Crippen molar-refractivity contribution in [3.05, 3.63) is 42.4 Å². The van der Waals surface area contributed by atoms with E-state index in [9.17, 15) is 9.59 Å². The van der Waals surface area contributed by atoms with E-state index in [1.54, 1.807) is 22.2 Å². The monoisotopic (exact) mass is 360 g/mol. The molecule has 0 bridgehead atoms. The van der Waals surface area contributed by atoms with Crippen molar-refractivity contribution in [2.24, 2.45) is 0 Å². The minimum absolute atomic E-state index is 0.0383. The van der Waals surface area contributed by atoms with Gasteiger partial charge in [0.05, 0.1) is 11.9 Å². The molecule has 0 saturated carbocycles. The quantitative estimate of drug-likeness (QED) is 0.488. The van der Waals surface area contributed by atoms with E-state index >= 15 is 0 Å². The molecule has 3 heterocycles. The van der Waals surface area contributed by atoms with Crippen LogP contribution in [0.3, 0.4) is 0 Å². The molecule has 6 nitrogen and oxygen atoms in total. The molecule has 2 amide bonds. The summed E-state index contributed by atoms with van der Waals surface area (Å²) in [6, 6.07) is 3.84. The second-order valence-electron chi connectivity index (χ2n) is 6.09. The normalized spacial score (nSPS) is 17.0. The van der Waals surface area contributed by atoms with Crippen LogP contribution in [0.15, 0.2) is 36.7 Å². The minimum Gasteiger partial charge on any atom is -0.357 e. The number of fused-ring (bicyclic) bond motifs is 1. The number of aromatic amines is 1. The van der Waals surface area contributed by atoms with E-state index in [1.807, 2.05) is 31.2 Å². The summed E-state index contributed by atoms with van der Waals surface area (Å²) in [5.41, 5.74) is 1.87. The highest BCUT2D eigenvalue weighted by atomic mass is 35.5. The number of piperazine rings is 1. The Morgan fingerprint density at radius 1 is 1.32 bits per heavy atom. The second-order valence-corrected chi connectivity index (χ2v) is 6.65. The standard InChI is InChI=1S/C18H21ClN4O2/c1-2-14(19)4-3-7-22-8-9-23(18(25)17(22)24)12-15-10-13-11-20-6-5-16(13)21-15/h3-6,10-11,14,21H,2,7-9,12H2,1H3/b4-3+. The lowest BCUT2D eigenvalue weighted by Crippen LogP contribution is -2.53. The van der Waals surface area contributed by atoms with Crippen LogP contribution in [0.5, 0.6) is 0 Å². The van der Waals surface area contributed by atoms with E-state index in [1.165, 1.54) is 0 Å². The number of carbonyl (C=O) groups excluding carboxylic acids is 2. The summed E-state index contributed by atoms with van der Waals surface area (Å²) in [6.45, 7) is 3.84. The number of rotatable bonds is 6. The van der Waals surface area contributed by atoms with Gasteiger partial charge >= 0.3 is 11.8 Å². The minimum atomic E-state index is -0.464. The molecule has 1 unspecified atom stereocenters. The zero-order valence-corrected chi connectivity index (χ0v) is 14.9. The Hall–Kier alpha value is -2.34. The molecule has 0 aliphatic carbocycles. The molecule has 1 N–H and O–H groups in total. The van der Waals surface area contributed by atoms with Crippen molar-refractivity contribution in [1.29, 1.82) is 0 Å².